The molecule has 6 rings (SSSR count). The number of hydrazone groups is 1. The molecule has 1 aliphatic heterocycles. The van der Waals surface area contributed by atoms with Gasteiger partial charge >= 0.3 is 0 Å². The number of thiophene rings is 1. The Bertz CT molecular complexity index is 1840. The fraction of sp³-hybridized carbons (Fsp3) is 0.206. The van der Waals surface area contributed by atoms with E-state index in [9.17, 15) is 9.59 Å². The summed E-state index contributed by atoms with van der Waals surface area (Å²) in [6, 6.07) is 28.0. The molecule has 47 heavy (non-hydrogen) atoms. The molecule has 5 aromatic rings. The Labute approximate surface area is 280 Å². The van der Waals surface area contributed by atoms with Gasteiger partial charge in [0.25, 0.3) is 11.8 Å². The molecule has 0 radical (unpaired) electrons. The fourth-order valence-electron chi connectivity index (χ4n) is 5.07. The highest BCUT2D eigenvalue weighted by Crippen LogP contribution is 2.36. The molecule has 0 saturated carbocycles. The van der Waals surface area contributed by atoms with Gasteiger partial charge in [-0.25, -0.2) is 5.01 Å². The summed E-state index contributed by atoms with van der Waals surface area (Å²) in [7, 11) is 3.21. The van der Waals surface area contributed by atoms with Gasteiger partial charge in [0.2, 0.25) is 0 Å². The van der Waals surface area contributed by atoms with Gasteiger partial charge in [0.15, 0.2) is 17.6 Å². The van der Waals surface area contributed by atoms with Crippen molar-refractivity contribution >= 4 is 40.6 Å². The van der Waals surface area contributed by atoms with Crippen LogP contribution in [0.5, 0.6) is 17.2 Å². The van der Waals surface area contributed by atoms with Crippen molar-refractivity contribution in [1.82, 2.24) is 25.1 Å². The van der Waals surface area contributed by atoms with Gasteiger partial charge in [-0.05, 0) is 53.4 Å². The van der Waals surface area contributed by atoms with Crippen LogP contribution in [0.4, 0.5) is 0 Å². The highest BCUT2D eigenvalue weighted by atomic mass is 32.2. The predicted molar refractivity (Wildman–Crippen MR) is 180 cm³/mol. The van der Waals surface area contributed by atoms with Crippen LogP contribution in [0.15, 0.2) is 107 Å². The Kier molecular flexibility index (Phi) is 10.1. The number of aromatic nitrogens is 3. The van der Waals surface area contributed by atoms with Gasteiger partial charge < -0.3 is 19.5 Å². The third-order valence-corrected chi connectivity index (χ3v) is 9.21. The summed E-state index contributed by atoms with van der Waals surface area (Å²) in [5, 5.41) is 20.5. The number of benzene rings is 3. The molecule has 0 spiro atoms. The number of nitrogens with zero attached hydrogens (tertiary/aromatic N) is 5. The number of amides is 2. The summed E-state index contributed by atoms with van der Waals surface area (Å²) in [6.07, 6.45) is 0.596. The number of methoxy groups -OCH3 is 2. The normalized spacial score (nSPS) is 14.0. The van der Waals surface area contributed by atoms with E-state index in [1.165, 1.54) is 11.8 Å². The molecule has 0 saturated heterocycles. The SMILES string of the molecule is COc1ccc([C@@H]2CC(c3cccs3)=NN2C(=O)CSc2nnc(CNC(=O)COc3ccccc3)n2-c2ccccc2OC)cc1. The van der Waals surface area contributed by atoms with Gasteiger partial charge in [-0.3, -0.25) is 14.2 Å². The van der Waals surface area contributed by atoms with Gasteiger partial charge in [0.05, 0.1) is 48.8 Å². The van der Waals surface area contributed by atoms with Crippen molar-refractivity contribution < 1.29 is 23.8 Å². The number of ether oxygens (including phenoxy) is 3. The van der Waals surface area contributed by atoms with E-state index in [0.717, 1.165) is 21.9 Å². The van der Waals surface area contributed by atoms with Crippen molar-refractivity contribution in [2.75, 3.05) is 26.6 Å². The Balaban J connectivity index is 1.21. The summed E-state index contributed by atoms with van der Waals surface area (Å²) in [6.45, 7) is -0.0707. The highest BCUT2D eigenvalue weighted by Gasteiger charge is 2.34. The molecule has 240 valence electrons. The second-order valence-corrected chi connectivity index (χ2v) is 12.2. The highest BCUT2D eigenvalue weighted by molar-refractivity contribution is 7.99. The standard InChI is InChI=1S/C34H32N6O5S2/c1-43-24-16-14-23(15-17-24)28-19-26(30-13-8-18-46-30)38-40(28)33(42)22-47-34-37-36-31(39(34)27-11-6-7-12-29(27)44-2)20-35-32(41)21-45-25-9-4-3-5-10-25/h3-18,28H,19-22H2,1-2H3,(H,35,41)/t28-/m0/s1. The van der Waals surface area contributed by atoms with Crippen LogP contribution in [-0.4, -0.2) is 63.9 Å². The second-order valence-electron chi connectivity index (χ2n) is 10.3. The topological polar surface area (TPSA) is 120 Å². The molecule has 2 aromatic heterocycles. The summed E-state index contributed by atoms with van der Waals surface area (Å²) in [5.74, 6) is 1.96. The zero-order valence-corrected chi connectivity index (χ0v) is 27.4. The number of carbonyl (C=O) groups excluding carboxylic acids is 2. The number of rotatable bonds is 13. The molecular weight excluding hydrogens is 637 g/mol. The van der Waals surface area contributed by atoms with Gasteiger partial charge in [-0.1, -0.05) is 60.3 Å². The van der Waals surface area contributed by atoms with Crippen molar-refractivity contribution in [3.05, 3.63) is 113 Å². The lowest BCUT2D eigenvalue weighted by Crippen LogP contribution is -2.29. The first-order chi connectivity index (χ1) is 23.0. The van der Waals surface area contributed by atoms with Crippen LogP contribution in [0, 0.1) is 0 Å². The van der Waals surface area contributed by atoms with E-state index in [1.807, 2.05) is 84.2 Å². The molecule has 11 nitrogen and oxygen atoms in total. The molecule has 3 heterocycles. The van der Waals surface area contributed by atoms with E-state index in [2.05, 4.69) is 15.5 Å². The maximum Gasteiger partial charge on any atom is 0.258 e. The lowest BCUT2D eigenvalue weighted by Gasteiger charge is -2.22. The van der Waals surface area contributed by atoms with Gasteiger partial charge in [0, 0.05) is 6.42 Å². The summed E-state index contributed by atoms with van der Waals surface area (Å²) in [4.78, 5) is 27.5. The predicted octanol–water partition coefficient (Wildman–Crippen LogP) is 5.51. The molecular formula is C34H32N6O5S2. The van der Waals surface area contributed by atoms with Gasteiger partial charge in [0.1, 0.15) is 17.2 Å². The lowest BCUT2D eigenvalue weighted by molar-refractivity contribution is -0.130. The van der Waals surface area contributed by atoms with E-state index in [0.29, 0.717) is 34.6 Å². The summed E-state index contributed by atoms with van der Waals surface area (Å²) < 4.78 is 18.3. The van der Waals surface area contributed by atoms with Crippen molar-refractivity contribution in [3.8, 4) is 22.9 Å². The summed E-state index contributed by atoms with van der Waals surface area (Å²) in [5.41, 5.74) is 2.51. The first kappa shape index (κ1) is 31.8. The number of hydrogen-bond acceptors (Lipinski definition) is 10. The van der Waals surface area contributed by atoms with E-state index in [-0.39, 0.29) is 36.8 Å². The number of nitrogens with one attached hydrogen (secondary N) is 1. The maximum atomic E-state index is 13.8. The van der Waals surface area contributed by atoms with Crippen LogP contribution in [0.3, 0.4) is 0 Å². The average Bonchev–Trinajstić information content (AvgIpc) is 3.90. The Morgan fingerprint density at radius 3 is 2.45 bits per heavy atom. The summed E-state index contributed by atoms with van der Waals surface area (Å²) >= 11 is 2.84. The smallest absolute Gasteiger partial charge is 0.258 e. The minimum atomic E-state index is -0.314. The molecule has 13 heteroatoms. The van der Waals surface area contributed by atoms with Crippen LogP contribution >= 0.6 is 23.1 Å². The second kappa shape index (κ2) is 15.0. The number of thioether (sulfide) groups is 1. The van der Waals surface area contributed by atoms with Crippen LogP contribution in [0.1, 0.15) is 28.7 Å². The first-order valence-corrected chi connectivity index (χ1v) is 16.6. The van der Waals surface area contributed by atoms with Crippen LogP contribution in [-0.2, 0) is 16.1 Å². The average molecular weight is 669 g/mol. The zero-order valence-electron chi connectivity index (χ0n) is 25.7. The minimum Gasteiger partial charge on any atom is -0.497 e. The van der Waals surface area contributed by atoms with E-state index in [1.54, 1.807) is 47.3 Å². The monoisotopic (exact) mass is 668 g/mol. The molecule has 1 N–H and O–H groups in total. The van der Waals surface area contributed by atoms with Crippen molar-refractivity contribution in [2.24, 2.45) is 5.10 Å². The molecule has 0 aliphatic carbocycles. The Hall–Kier alpha value is -5.14. The quantitative estimate of drug-likeness (QED) is 0.163. The largest absolute Gasteiger partial charge is 0.497 e. The van der Waals surface area contributed by atoms with Crippen molar-refractivity contribution in [1.29, 1.82) is 0 Å². The van der Waals surface area contributed by atoms with Crippen LogP contribution < -0.4 is 19.5 Å². The molecule has 1 aliphatic rings. The molecule has 0 bridgehead atoms. The fourth-order valence-corrected chi connectivity index (χ4v) is 6.61. The van der Waals surface area contributed by atoms with Crippen LogP contribution in [0.2, 0.25) is 0 Å². The van der Waals surface area contributed by atoms with Crippen molar-refractivity contribution in [3.63, 3.8) is 0 Å². The third kappa shape index (κ3) is 7.47. The van der Waals surface area contributed by atoms with Crippen molar-refractivity contribution in [2.45, 2.75) is 24.2 Å². The molecule has 3 aromatic carbocycles. The number of para-hydroxylation sites is 3. The van der Waals surface area contributed by atoms with Gasteiger partial charge in [-0.15, -0.1) is 21.5 Å². The minimum absolute atomic E-state index is 0.0540. The Morgan fingerprint density at radius 1 is 0.915 bits per heavy atom. The third-order valence-electron chi connectivity index (χ3n) is 7.38. The number of hydrogen-bond donors (Lipinski definition) is 1. The van der Waals surface area contributed by atoms with Gasteiger partial charge in [-0.2, -0.15) is 5.10 Å². The van der Waals surface area contributed by atoms with Crippen LogP contribution in [0.25, 0.3) is 5.69 Å². The first-order valence-electron chi connectivity index (χ1n) is 14.8. The van der Waals surface area contributed by atoms with E-state index in [4.69, 9.17) is 19.3 Å². The van der Waals surface area contributed by atoms with E-state index >= 15 is 0 Å². The maximum absolute atomic E-state index is 13.8. The van der Waals surface area contributed by atoms with E-state index < -0.39 is 0 Å². The Morgan fingerprint density at radius 2 is 1.70 bits per heavy atom. The molecule has 2 amide bonds. The number of carbonyl (C=O) groups is 2. The molecule has 0 unspecified atom stereocenters. The molecule has 1 atom stereocenters. The zero-order chi connectivity index (χ0) is 32.6. The molecule has 0 fully saturated rings. The lowest BCUT2D eigenvalue weighted by atomic mass is 10.0.